The molecule has 2 aromatic rings. The van der Waals surface area contributed by atoms with E-state index in [4.69, 9.17) is 0 Å². The summed E-state index contributed by atoms with van der Waals surface area (Å²) in [5.41, 5.74) is 7.01. The van der Waals surface area contributed by atoms with Crippen LogP contribution in [0.25, 0.3) is 5.57 Å². The van der Waals surface area contributed by atoms with Gasteiger partial charge in [0, 0.05) is 11.4 Å². The van der Waals surface area contributed by atoms with Gasteiger partial charge in [0.2, 0.25) is 0 Å². The van der Waals surface area contributed by atoms with Gasteiger partial charge in [0.15, 0.2) is 0 Å². The fourth-order valence-electron chi connectivity index (χ4n) is 1.75. The van der Waals surface area contributed by atoms with Crippen LogP contribution in [0.1, 0.15) is 44.4 Å². The highest BCUT2D eigenvalue weighted by Gasteiger charge is 1.93. The number of hydrogen-bond donors (Lipinski definition) is 1. The van der Waals surface area contributed by atoms with Crippen molar-refractivity contribution in [3.05, 3.63) is 84.1 Å². The highest BCUT2D eigenvalue weighted by Crippen LogP contribution is 2.16. The van der Waals surface area contributed by atoms with Crippen molar-refractivity contribution in [2.45, 2.75) is 41.5 Å². The smallest absolute Gasteiger partial charge is 0.0381 e. The predicted molar refractivity (Wildman–Crippen MR) is 107 cm³/mol. The summed E-state index contributed by atoms with van der Waals surface area (Å²) < 4.78 is 0. The van der Waals surface area contributed by atoms with Crippen molar-refractivity contribution in [2.75, 3.05) is 5.32 Å². The zero-order valence-electron chi connectivity index (χ0n) is 15.5. The Hall–Kier alpha value is -2.28. The Morgan fingerprint density at radius 1 is 0.783 bits per heavy atom. The first-order valence-electron chi connectivity index (χ1n) is 8.11. The summed E-state index contributed by atoms with van der Waals surface area (Å²) in [5.74, 6) is 0. The Morgan fingerprint density at radius 2 is 1.22 bits per heavy atom. The number of hydrogen-bond acceptors (Lipinski definition) is 1. The maximum absolute atomic E-state index is 3.88. The second-order valence-corrected chi connectivity index (χ2v) is 5.35. The summed E-state index contributed by atoms with van der Waals surface area (Å²) in [5, 5.41) is 3.15. The van der Waals surface area contributed by atoms with Crippen LogP contribution in [0.15, 0.2) is 67.4 Å². The molecule has 0 unspecified atom stereocenters. The van der Waals surface area contributed by atoms with Gasteiger partial charge in [0.1, 0.15) is 0 Å². The van der Waals surface area contributed by atoms with E-state index < -0.39 is 0 Å². The molecule has 0 aliphatic carbocycles. The molecule has 0 heterocycles. The summed E-state index contributed by atoms with van der Waals surface area (Å²) >= 11 is 0. The molecular weight excluding hydrogens is 278 g/mol. The zero-order chi connectivity index (χ0) is 17.8. The molecule has 124 valence electrons. The summed E-state index contributed by atoms with van der Waals surface area (Å²) in [6.45, 7) is 19.8. The first-order chi connectivity index (χ1) is 10.9. The van der Waals surface area contributed by atoms with Crippen LogP contribution >= 0.6 is 0 Å². The molecule has 1 heteroatoms. The molecule has 0 fully saturated rings. The van der Waals surface area contributed by atoms with Gasteiger partial charge in [-0.3, -0.25) is 0 Å². The van der Waals surface area contributed by atoms with Gasteiger partial charge in [-0.1, -0.05) is 69.0 Å². The van der Waals surface area contributed by atoms with Gasteiger partial charge in [-0.25, -0.2) is 0 Å². The van der Waals surface area contributed by atoms with Gasteiger partial charge >= 0.3 is 0 Å². The second-order valence-electron chi connectivity index (χ2n) is 5.35. The molecule has 1 N–H and O–H groups in total. The van der Waals surface area contributed by atoms with Crippen LogP contribution in [-0.4, -0.2) is 0 Å². The van der Waals surface area contributed by atoms with Gasteiger partial charge in [0.05, 0.1) is 0 Å². The van der Waals surface area contributed by atoms with E-state index in [2.05, 4.69) is 56.6 Å². The monoisotopic (exact) mass is 309 g/mol. The molecule has 23 heavy (non-hydrogen) atoms. The van der Waals surface area contributed by atoms with E-state index in [1.807, 2.05) is 52.0 Å². The van der Waals surface area contributed by atoms with E-state index in [0.717, 1.165) is 17.0 Å². The lowest BCUT2D eigenvalue weighted by molar-refractivity contribution is 1.34. The van der Waals surface area contributed by atoms with Crippen LogP contribution in [0.3, 0.4) is 0 Å². The molecule has 1 nitrogen and oxygen atoms in total. The Balaban J connectivity index is 0.000000414. The van der Waals surface area contributed by atoms with Crippen LogP contribution in [-0.2, 0) is 0 Å². The third-order valence-electron chi connectivity index (χ3n) is 3.16. The van der Waals surface area contributed by atoms with E-state index in [0.29, 0.717) is 0 Å². The van der Waals surface area contributed by atoms with Crippen LogP contribution in [0.5, 0.6) is 0 Å². The quantitative estimate of drug-likeness (QED) is 0.644. The lowest BCUT2D eigenvalue weighted by atomic mass is 10.1. The Morgan fingerprint density at radius 3 is 1.52 bits per heavy atom. The van der Waals surface area contributed by atoms with E-state index in [1.54, 1.807) is 0 Å². The molecule has 0 spiro atoms. The van der Waals surface area contributed by atoms with Gasteiger partial charge < -0.3 is 5.32 Å². The average Bonchev–Trinajstić information content (AvgIpc) is 2.53. The highest BCUT2D eigenvalue weighted by atomic mass is 14.9. The van der Waals surface area contributed by atoms with E-state index in [9.17, 15) is 0 Å². The van der Waals surface area contributed by atoms with Crippen molar-refractivity contribution in [3.63, 3.8) is 0 Å². The number of aryl methyl sites for hydroxylation is 2. The third kappa shape index (κ3) is 8.67. The normalized spacial score (nSPS) is 8.78. The fourth-order valence-corrected chi connectivity index (χ4v) is 1.75. The van der Waals surface area contributed by atoms with Crippen LogP contribution in [0.2, 0.25) is 0 Å². The Kier molecular flexibility index (Phi) is 10.2. The molecule has 0 aromatic heterocycles. The van der Waals surface area contributed by atoms with Gasteiger partial charge in [-0.2, -0.15) is 0 Å². The molecule has 0 saturated carbocycles. The predicted octanol–water partition coefficient (Wildman–Crippen LogP) is 6.99. The standard InChI is InChI=1S/C12H15N.C8H10.C2H6/c1-9(2)11-5-7-12(8-6-11)13-10(3)4;1-7-5-3-4-6-8(7)2;1-2/h5-8,13H,1,3H2,2,4H3;3-6H,1-2H3;1-2H3. The summed E-state index contributed by atoms with van der Waals surface area (Å²) in [6, 6.07) is 16.5. The van der Waals surface area contributed by atoms with E-state index in [1.165, 1.54) is 16.7 Å². The second kappa shape index (κ2) is 11.3. The number of nitrogens with one attached hydrogen (secondary N) is 1. The zero-order valence-corrected chi connectivity index (χ0v) is 15.5. The minimum absolute atomic E-state index is 0.947. The molecule has 0 atom stereocenters. The molecule has 0 aliphatic heterocycles. The number of anilines is 1. The highest BCUT2D eigenvalue weighted by molar-refractivity contribution is 5.64. The number of allylic oxidation sites excluding steroid dienone is 2. The van der Waals surface area contributed by atoms with Crippen molar-refractivity contribution >= 4 is 11.3 Å². The molecule has 0 bridgehead atoms. The summed E-state index contributed by atoms with van der Waals surface area (Å²) in [4.78, 5) is 0. The summed E-state index contributed by atoms with van der Waals surface area (Å²) in [7, 11) is 0. The molecule has 2 aromatic carbocycles. The van der Waals surface area contributed by atoms with Crippen molar-refractivity contribution in [2.24, 2.45) is 0 Å². The Labute approximate surface area is 142 Å². The third-order valence-corrected chi connectivity index (χ3v) is 3.16. The first kappa shape index (κ1) is 20.7. The van der Waals surface area contributed by atoms with Crippen LogP contribution < -0.4 is 5.32 Å². The van der Waals surface area contributed by atoms with Gasteiger partial charge in [-0.15, -0.1) is 0 Å². The fraction of sp³-hybridized carbons (Fsp3) is 0.273. The molecule has 2 rings (SSSR count). The molecule has 0 aliphatic rings. The minimum atomic E-state index is 0.947. The van der Waals surface area contributed by atoms with Gasteiger partial charge in [-0.05, 0) is 56.5 Å². The van der Waals surface area contributed by atoms with Crippen molar-refractivity contribution in [3.8, 4) is 0 Å². The maximum Gasteiger partial charge on any atom is 0.0381 e. The van der Waals surface area contributed by atoms with Crippen molar-refractivity contribution < 1.29 is 0 Å². The lowest BCUT2D eigenvalue weighted by Crippen LogP contribution is -1.92. The topological polar surface area (TPSA) is 12.0 Å². The van der Waals surface area contributed by atoms with Crippen LogP contribution in [0.4, 0.5) is 5.69 Å². The van der Waals surface area contributed by atoms with E-state index >= 15 is 0 Å². The van der Waals surface area contributed by atoms with Crippen LogP contribution in [0, 0.1) is 13.8 Å². The van der Waals surface area contributed by atoms with Crippen molar-refractivity contribution in [1.29, 1.82) is 0 Å². The molecule has 0 radical (unpaired) electrons. The molecule has 0 saturated heterocycles. The SMILES string of the molecule is C=C(C)Nc1ccc(C(=C)C)cc1.CC.Cc1ccccc1C. The number of rotatable bonds is 3. The number of benzene rings is 2. The largest absolute Gasteiger partial charge is 0.360 e. The van der Waals surface area contributed by atoms with Gasteiger partial charge in [0.25, 0.3) is 0 Å². The molecular formula is C22H31N. The lowest BCUT2D eigenvalue weighted by Gasteiger charge is -2.06. The minimum Gasteiger partial charge on any atom is -0.360 e. The van der Waals surface area contributed by atoms with Crippen molar-refractivity contribution in [1.82, 2.24) is 0 Å². The average molecular weight is 309 g/mol. The molecule has 0 amide bonds. The Bertz CT molecular complexity index is 585. The summed E-state index contributed by atoms with van der Waals surface area (Å²) in [6.07, 6.45) is 0. The van der Waals surface area contributed by atoms with E-state index in [-0.39, 0.29) is 0 Å². The maximum atomic E-state index is 3.88. The first-order valence-corrected chi connectivity index (χ1v) is 8.11.